The summed E-state index contributed by atoms with van der Waals surface area (Å²) in [7, 11) is -0.460. The van der Waals surface area contributed by atoms with E-state index in [2.05, 4.69) is 12.0 Å². The van der Waals surface area contributed by atoms with Crippen molar-refractivity contribution in [3.8, 4) is 0 Å². The Morgan fingerprint density at radius 2 is 1.93 bits per heavy atom. The lowest BCUT2D eigenvalue weighted by Gasteiger charge is -2.33. The molecule has 0 radical (unpaired) electrons. The quantitative estimate of drug-likeness (QED) is 0.586. The van der Waals surface area contributed by atoms with Crippen LogP contribution in [0.4, 0.5) is 4.79 Å². The Balaban J connectivity index is 1.58. The fourth-order valence-corrected chi connectivity index (χ4v) is 3.24. The highest BCUT2D eigenvalue weighted by atomic mass is 16.7. The van der Waals surface area contributed by atoms with Crippen molar-refractivity contribution >= 4 is 18.7 Å². The van der Waals surface area contributed by atoms with Gasteiger partial charge in [0.05, 0.1) is 13.0 Å². The summed E-state index contributed by atoms with van der Waals surface area (Å²) >= 11 is 0. The maximum Gasteiger partial charge on any atom is 0.501 e. The van der Waals surface area contributed by atoms with E-state index in [1.54, 1.807) is 11.1 Å². The van der Waals surface area contributed by atoms with E-state index in [9.17, 15) is 4.79 Å². The van der Waals surface area contributed by atoms with Crippen LogP contribution in [0.25, 0.3) is 0 Å². The van der Waals surface area contributed by atoms with E-state index < -0.39 is 23.9 Å². The molecular formula is C19H31BN3O4+. The average molecular weight is 376 g/mol. The second kappa shape index (κ2) is 6.74. The van der Waals surface area contributed by atoms with Gasteiger partial charge in [0.1, 0.15) is 11.2 Å². The molecule has 1 atom stereocenters. The minimum atomic E-state index is -0.613. The van der Waals surface area contributed by atoms with Crippen LogP contribution < -0.4 is 5.46 Å². The first-order valence-corrected chi connectivity index (χ1v) is 9.61. The number of ether oxygens (including phenoxy) is 1. The van der Waals surface area contributed by atoms with Crippen molar-refractivity contribution in [2.24, 2.45) is 0 Å². The Bertz CT molecular complexity index is 671. The summed E-state index contributed by atoms with van der Waals surface area (Å²) < 4.78 is 19.4. The summed E-state index contributed by atoms with van der Waals surface area (Å²) in [5, 5.41) is 4.51. The first-order valence-electron chi connectivity index (χ1n) is 9.61. The molecule has 1 aromatic heterocycles. The molecule has 3 heterocycles. The van der Waals surface area contributed by atoms with Crippen LogP contribution in [0.1, 0.15) is 60.4 Å². The summed E-state index contributed by atoms with van der Waals surface area (Å²) in [5.41, 5.74) is -0.662. The van der Waals surface area contributed by atoms with Crippen molar-refractivity contribution in [1.29, 1.82) is 0 Å². The van der Waals surface area contributed by atoms with Gasteiger partial charge in [0.15, 0.2) is 0 Å². The van der Waals surface area contributed by atoms with Crippen LogP contribution in [0.15, 0.2) is 12.4 Å². The Morgan fingerprint density at radius 1 is 1.30 bits per heavy atom. The zero-order valence-corrected chi connectivity index (χ0v) is 17.3. The molecule has 2 aliphatic rings. The van der Waals surface area contributed by atoms with Gasteiger partial charge in [-0.3, -0.25) is 4.68 Å². The van der Waals surface area contributed by atoms with Gasteiger partial charge in [-0.25, -0.2) is 4.79 Å². The summed E-state index contributed by atoms with van der Waals surface area (Å²) in [5.74, 6) is 0. The van der Waals surface area contributed by atoms with Crippen LogP contribution in [0.2, 0.25) is 0 Å². The lowest BCUT2D eigenvalue weighted by molar-refractivity contribution is 0.0185. The van der Waals surface area contributed by atoms with Gasteiger partial charge in [-0.05, 0) is 47.5 Å². The summed E-state index contributed by atoms with van der Waals surface area (Å²) in [6.45, 7) is 17.0. The number of hydrogen-bond acceptors (Lipinski definition) is 5. The largest absolute Gasteiger partial charge is 0.501 e. The number of piperidine rings is 1. The molecular weight excluding hydrogens is 345 g/mol. The van der Waals surface area contributed by atoms with Gasteiger partial charge in [-0.1, -0.05) is 0 Å². The Morgan fingerprint density at radius 3 is 2.44 bits per heavy atom. The van der Waals surface area contributed by atoms with Crippen LogP contribution in [0, 0.1) is 6.92 Å². The predicted octanol–water partition coefficient (Wildman–Crippen LogP) is 2.57. The molecule has 0 saturated carbocycles. The number of nitrogens with zero attached hydrogens (tertiary/aromatic N) is 3. The second-order valence-electron chi connectivity index (χ2n) is 9.26. The third-order valence-corrected chi connectivity index (χ3v) is 5.43. The maximum absolute atomic E-state index is 12.2. The molecule has 3 rings (SSSR count). The van der Waals surface area contributed by atoms with Crippen LogP contribution in [-0.4, -0.2) is 57.8 Å². The minimum absolute atomic E-state index is 0.244. The monoisotopic (exact) mass is 376 g/mol. The normalized spacial score (nSPS) is 26.4. The highest BCUT2D eigenvalue weighted by Crippen LogP contribution is 2.36. The van der Waals surface area contributed by atoms with Crippen molar-refractivity contribution in [3.63, 3.8) is 0 Å². The van der Waals surface area contributed by atoms with E-state index >= 15 is 0 Å². The van der Waals surface area contributed by atoms with Gasteiger partial charge in [-0.2, -0.15) is 5.10 Å². The first kappa shape index (κ1) is 20.1. The van der Waals surface area contributed by atoms with Gasteiger partial charge < -0.3 is 18.9 Å². The Kier molecular flexibility index (Phi) is 5.01. The number of amides is 1. The van der Waals surface area contributed by atoms with E-state index in [0.717, 1.165) is 18.3 Å². The van der Waals surface area contributed by atoms with Crippen LogP contribution in [-0.2, 0) is 14.0 Å². The zero-order valence-electron chi connectivity index (χ0n) is 17.3. The molecule has 148 valence electrons. The van der Waals surface area contributed by atoms with E-state index in [0.29, 0.717) is 13.1 Å². The second-order valence-corrected chi connectivity index (χ2v) is 9.26. The third kappa shape index (κ3) is 4.27. The van der Waals surface area contributed by atoms with Gasteiger partial charge >= 0.3 is 13.2 Å². The van der Waals surface area contributed by atoms with Crippen LogP contribution in [0.5, 0.6) is 0 Å². The van der Waals surface area contributed by atoms with Crippen molar-refractivity contribution in [3.05, 3.63) is 19.3 Å². The number of rotatable bonds is 2. The molecule has 2 aliphatic heterocycles. The van der Waals surface area contributed by atoms with Crippen molar-refractivity contribution in [2.45, 2.75) is 77.2 Å². The molecule has 27 heavy (non-hydrogen) atoms. The fourth-order valence-electron chi connectivity index (χ4n) is 3.24. The number of carbonyl (C=O) groups excluding carboxylic acids is 1. The summed E-state index contributed by atoms with van der Waals surface area (Å²) in [6.07, 6.45) is 5.21. The maximum atomic E-state index is 12.2. The molecule has 0 bridgehead atoms. The Hall–Kier alpha value is -1.67. The summed E-state index contributed by atoms with van der Waals surface area (Å²) in [6, 6.07) is 0.248. The van der Waals surface area contributed by atoms with Crippen molar-refractivity contribution < 1.29 is 18.8 Å². The molecule has 2 saturated heterocycles. The molecule has 0 N–H and O–H groups in total. The van der Waals surface area contributed by atoms with Gasteiger partial charge in [0, 0.05) is 37.9 Å². The number of likely N-dealkylation sites (tertiary alicyclic amines) is 1. The van der Waals surface area contributed by atoms with Crippen LogP contribution >= 0.6 is 0 Å². The fraction of sp³-hybridized carbons (Fsp3) is 0.737. The van der Waals surface area contributed by atoms with E-state index in [4.69, 9.17) is 14.0 Å². The van der Waals surface area contributed by atoms with Crippen molar-refractivity contribution in [1.82, 2.24) is 14.7 Å². The standard InChI is InChI=1S/C19H31BN3O4/c1-17(2,3)25-16(24)22-10-8-15(9-11-22)23-13-14(12-21-23)20-26-18(4,5)19(6,7)27-20/h12-13,15H,4,8-11H2,1-3,5-7H3/q+1. The van der Waals surface area contributed by atoms with E-state index in [-0.39, 0.29) is 12.1 Å². The predicted molar refractivity (Wildman–Crippen MR) is 104 cm³/mol. The minimum Gasteiger partial charge on any atom is -0.444 e. The van der Waals surface area contributed by atoms with E-state index in [1.807, 2.05) is 52.4 Å². The molecule has 1 unspecified atom stereocenters. The SMILES string of the molecule is [CH2+]C1(C)OB(c2cnn(C3CCN(C(=O)OC(C)(C)C)CC3)c2)OC1(C)C. The highest BCUT2D eigenvalue weighted by Gasteiger charge is 2.57. The number of aromatic nitrogens is 2. The molecule has 1 aromatic rings. The molecule has 1 amide bonds. The lowest BCUT2D eigenvalue weighted by atomic mass is 9.82. The topological polar surface area (TPSA) is 65.8 Å². The smallest absolute Gasteiger partial charge is 0.444 e. The molecule has 7 nitrogen and oxygen atoms in total. The molecule has 2 fully saturated rings. The molecule has 8 heteroatoms. The van der Waals surface area contributed by atoms with Gasteiger partial charge in [-0.15, -0.1) is 0 Å². The number of hydrogen-bond donors (Lipinski definition) is 0. The molecule has 0 aliphatic carbocycles. The summed E-state index contributed by atoms with van der Waals surface area (Å²) in [4.78, 5) is 14.0. The number of carbonyl (C=O) groups is 1. The zero-order chi connectivity index (χ0) is 20.0. The van der Waals surface area contributed by atoms with Gasteiger partial charge in [0.25, 0.3) is 0 Å². The molecule has 0 spiro atoms. The lowest BCUT2D eigenvalue weighted by Crippen LogP contribution is -2.42. The van der Waals surface area contributed by atoms with E-state index in [1.165, 1.54) is 0 Å². The first-order chi connectivity index (χ1) is 12.4. The Labute approximate surface area is 162 Å². The third-order valence-electron chi connectivity index (χ3n) is 5.43. The average Bonchev–Trinajstić information content (AvgIpc) is 3.09. The molecule has 0 aromatic carbocycles. The highest BCUT2D eigenvalue weighted by molar-refractivity contribution is 6.62. The van der Waals surface area contributed by atoms with Gasteiger partial charge in [0.2, 0.25) is 5.60 Å². The van der Waals surface area contributed by atoms with Crippen molar-refractivity contribution in [2.75, 3.05) is 13.1 Å². The van der Waals surface area contributed by atoms with Crippen LogP contribution in [0.3, 0.4) is 0 Å².